The predicted octanol–water partition coefficient (Wildman–Crippen LogP) is 2.49. The van der Waals surface area contributed by atoms with E-state index in [0.717, 1.165) is 12.8 Å². The standard InChI is InChI=1S/C4H10ClNO2S.CH3F/c5-9(7,8)6-3-1-2-4-6;1-2/h7-8H,1-4H2;1H3. The third kappa shape index (κ3) is 4.12. The van der Waals surface area contributed by atoms with Gasteiger partial charge in [0.25, 0.3) is 0 Å². The summed E-state index contributed by atoms with van der Waals surface area (Å²) in [5.74, 6) is 0. The van der Waals surface area contributed by atoms with Crippen LogP contribution >= 0.6 is 20.7 Å². The lowest BCUT2D eigenvalue weighted by atomic mass is 10.4. The van der Waals surface area contributed by atoms with Crippen molar-refractivity contribution < 1.29 is 13.5 Å². The summed E-state index contributed by atoms with van der Waals surface area (Å²) < 4.78 is 28.7. The molecule has 0 bridgehead atoms. The predicted molar refractivity (Wildman–Crippen MR) is 46.5 cm³/mol. The van der Waals surface area contributed by atoms with Gasteiger partial charge >= 0.3 is 0 Å². The van der Waals surface area contributed by atoms with Crippen LogP contribution in [0.3, 0.4) is 0 Å². The molecule has 1 aliphatic rings. The van der Waals surface area contributed by atoms with Crippen molar-refractivity contribution in [1.82, 2.24) is 4.31 Å². The molecule has 0 atom stereocenters. The van der Waals surface area contributed by atoms with Crippen LogP contribution < -0.4 is 0 Å². The Kier molecular flexibility index (Phi) is 5.37. The molecule has 3 nitrogen and oxygen atoms in total. The molecular weight excluding hydrogens is 193 g/mol. The molecule has 0 saturated carbocycles. The Morgan fingerprint density at radius 2 is 1.64 bits per heavy atom. The average molecular weight is 206 g/mol. The van der Waals surface area contributed by atoms with Crippen molar-refractivity contribution in [3.05, 3.63) is 0 Å². The van der Waals surface area contributed by atoms with Gasteiger partial charge in [0.2, 0.25) is 0 Å². The van der Waals surface area contributed by atoms with E-state index in [1.165, 1.54) is 4.31 Å². The number of alkyl halides is 1. The molecule has 0 unspecified atom stereocenters. The van der Waals surface area contributed by atoms with E-state index in [2.05, 4.69) is 0 Å². The van der Waals surface area contributed by atoms with Crippen LogP contribution in [0.15, 0.2) is 0 Å². The second-order valence-electron chi connectivity index (χ2n) is 2.09. The first-order valence-corrected chi connectivity index (χ1v) is 5.54. The smallest absolute Gasteiger partial charge is 0.0785 e. The summed E-state index contributed by atoms with van der Waals surface area (Å²) in [6.07, 6.45) is 2.03. The summed E-state index contributed by atoms with van der Waals surface area (Å²) in [7, 11) is 2.86. The van der Waals surface area contributed by atoms with Gasteiger partial charge in [-0.15, -0.1) is 0 Å². The maximum atomic E-state index is 9.50. The lowest BCUT2D eigenvalue weighted by Crippen LogP contribution is -2.19. The molecule has 70 valence electrons. The van der Waals surface area contributed by atoms with E-state index in [9.17, 15) is 4.39 Å². The van der Waals surface area contributed by atoms with E-state index in [1.54, 1.807) is 0 Å². The first-order chi connectivity index (χ1) is 5.11. The van der Waals surface area contributed by atoms with Gasteiger partial charge in [0.1, 0.15) is 0 Å². The second-order valence-corrected chi connectivity index (χ2v) is 4.75. The van der Waals surface area contributed by atoms with Gasteiger partial charge in [-0.05, 0) is 12.8 Å². The van der Waals surface area contributed by atoms with Crippen LogP contribution in [-0.4, -0.2) is 33.7 Å². The van der Waals surface area contributed by atoms with Gasteiger partial charge in [-0.3, -0.25) is 13.5 Å². The number of nitrogens with zero attached hydrogens (tertiary/aromatic N) is 1. The highest BCUT2D eigenvalue weighted by atomic mass is 35.7. The first-order valence-electron chi connectivity index (χ1n) is 3.21. The Balaban J connectivity index is 0.000000461. The highest BCUT2D eigenvalue weighted by Gasteiger charge is 2.23. The molecule has 0 aromatic rings. The zero-order valence-corrected chi connectivity index (χ0v) is 7.91. The molecule has 0 aromatic carbocycles. The number of hydrogen-bond acceptors (Lipinski definition) is 3. The zero-order chi connectivity index (χ0) is 8.91. The number of halogens is 2. The fourth-order valence-corrected chi connectivity index (χ4v) is 2.06. The SMILES string of the molecule is CF.OS(O)(Cl)N1CCCC1. The van der Waals surface area contributed by atoms with Gasteiger partial charge in [0.05, 0.1) is 7.18 Å². The molecule has 0 spiro atoms. The molecule has 6 heteroatoms. The fourth-order valence-electron chi connectivity index (χ4n) is 0.920. The van der Waals surface area contributed by atoms with Crippen molar-refractivity contribution in [3.8, 4) is 0 Å². The monoisotopic (exact) mass is 205 g/mol. The lowest BCUT2D eigenvalue weighted by Gasteiger charge is -2.32. The molecule has 11 heavy (non-hydrogen) atoms. The summed E-state index contributed by atoms with van der Waals surface area (Å²) in [6.45, 7) is 1.43. The quantitative estimate of drug-likeness (QED) is 0.691. The molecule has 1 saturated heterocycles. The summed E-state index contributed by atoms with van der Waals surface area (Å²) >= 11 is 0. The van der Waals surface area contributed by atoms with Crippen LogP contribution in [0.4, 0.5) is 4.39 Å². The molecule has 0 amide bonds. The Bertz CT molecular complexity index is 105. The topological polar surface area (TPSA) is 43.7 Å². The summed E-state index contributed by atoms with van der Waals surface area (Å²) in [4.78, 5) is 0. The van der Waals surface area contributed by atoms with E-state index in [0.29, 0.717) is 20.3 Å². The van der Waals surface area contributed by atoms with Crippen molar-refractivity contribution in [2.24, 2.45) is 0 Å². The maximum Gasteiger partial charge on any atom is 0.0785 e. The minimum Gasteiger partial charge on any atom is -0.272 e. The van der Waals surface area contributed by atoms with E-state index in [4.69, 9.17) is 19.8 Å². The molecule has 1 heterocycles. The molecule has 0 aromatic heterocycles. The van der Waals surface area contributed by atoms with Crippen LogP contribution in [0, 0.1) is 0 Å². The van der Waals surface area contributed by atoms with Gasteiger partial charge < -0.3 is 0 Å². The van der Waals surface area contributed by atoms with Crippen LogP contribution in [0.2, 0.25) is 0 Å². The highest BCUT2D eigenvalue weighted by Crippen LogP contribution is 2.49. The van der Waals surface area contributed by atoms with E-state index in [1.807, 2.05) is 0 Å². The molecule has 0 aliphatic carbocycles. The van der Waals surface area contributed by atoms with Crippen LogP contribution in [0.1, 0.15) is 12.8 Å². The zero-order valence-electron chi connectivity index (χ0n) is 6.33. The van der Waals surface area contributed by atoms with E-state index < -0.39 is 9.99 Å². The van der Waals surface area contributed by atoms with E-state index in [-0.39, 0.29) is 0 Å². The number of hydrogen-bond donors (Lipinski definition) is 2. The molecular formula is C5H13ClFNO2S. The Hall–Kier alpha value is 0.450. The van der Waals surface area contributed by atoms with Crippen molar-refractivity contribution in [1.29, 1.82) is 0 Å². The van der Waals surface area contributed by atoms with Crippen LogP contribution in [0.25, 0.3) is 0 Å². The van der Waals surface area contributed by atoms with Crippen molar-refractivity contribution >= 4 is 20.7 Å². The van der Waals surface area contributed by atoms with Gasteiger partial charge in [-0.1, -0.05) is 9.99 Å². The molecule has 0 radical (unpaired) electrons. The molecule has 1 fully saturated rings. The molecule has 1 aliphatic heterocycles. The minimum absolute atomic E-state index is 0.500. The van der Waals surface area contributed by atoms with Gasteiger partial charge in [-0.2, -0.15) is 4.31 Å². The minimum atomic E-state index is -2.90. The normalized spacial score (nSPS) is 20.8. The highest BCUT2D eigenvalue weighted by molar-refractivity contribution is 8.41. The summed E-state index contributed by atoms with van der Waals surface area (Å²) in [5.41, 5.74) is 0. The molecule has 2 N–H and O–H groups in total. The average Bonchev–Trinajstić information content (AvgIpc) is 2.40. The largest absolute Gasteiger partial charge is 0.272 e. The Morgan fingerprint density at radius 1 is 1.27 bits per heavy atom. The fraction of sp³-hybridized carbons (Fsp3) is 1.00. The number of rotatable bonds is 1. The molecule has 1 rings (SSSR count). The third-order valence-corrected chi connectivity index (χ3v) is 3.00. The second kappa shape index (κ2) is 5.16. The Morgan fingerprint density at radius 3 is 1.82 bits per heavy atom. The van der Waals surface area contributed by atoms with Gasteiger partial charge in [0.15, 0.2) is 0 Å². The summed E-state index contributed by atoms with van der Waals surface area (Å²) in [6, 6.07) is 0. The lowest BCUT2D eigenvalue weighted by molar-refractivity contribution is 0.406. The van der Waals surface area contributed by atoms with Gasteiger partial charge in [0, 0.05) is 23.8 Å². The maximum absolute atomic E-state index is 9.50. The van der Waals surface area contributed by atoms with E-state index >= 15 is 0 Å². The Labute approximate surface area is 72.1 Å². The van der Waals surface area contributed by atoms with Gasteiger partial charge in [-0.25, -0.2) is 0 Å². The van der Waals surface area contributed by atoms with Crippen LogP contribution in [0.5, 0.6) is 0 Å². The summed E-state index contributed by atoms with van der Waals surface area (Å²) in [5, 5.41) is 0. The van der Waals surface area contributed by atoms with Crippen LogP contribution in [-0.2, 0) is 0 Å². The van der Waals surface area contributed by atoms with Crippen molar-refractivity contribution in [2.45, 2.75) is 12.8 Å². The first kappa shape index (κ1) is 11.4. The van der Waals surface area contributed by atoms with Crippen molar-refractivity contribution in [3.63, 3.8) is 0 Å². The van der Waals surface area contributed by atoms with Crippen molar-refractivity contribution in [2.75, 3.05) is 20.3 Å². The third-order valence-electron chi connectivity index (χ3n) is 1.39.